The number of nitrogens with one attached hydrogen (secondary N) is 1. The molecule has 30 heavy (non-hydrogen) atoms. The van der Waals surface area contributed by atoms with E-state index in [9.17, 15) is 13.6 Å². The molecule has 0 bridgehead atoms. The summed E-state index contributed by atoms with van der Waals surface area (Å²) in [7, 11) is 0. The Balaban J connectivity index is 1.27. The van der Waals surface area contributed by atoms with Gasteiger partial charge in [-0.1, -0.05) is 23.4 Å². The molecule has 5 nitrogen and oxygen atoms in total. The van der Waals surface area contributed by atoms with Crippen LogP contribution in [0.3, 0.4) is 0 Å². The maximum atomic E-state index is 12.4. The Morgan fingerprint density at radius 2 is 1.97 bits per heavy atom. The first-order valence-electron chi connectivity index (χ1n) is 9.59. The zero-order valence-electron chi connectivity index (χ0n) is 16.0. The highest BCUT2D eigenvalue weighted by Crippen LogP contribution is 2.31. The van der Waals surface area contributed by atoms with Crippen LogP contribution in [0.15, 0.2) is 51.8 Å². The molecule has 1 amide bonds. The number of amides is 1. The molecule has 0 unspecified atom stereocenters. The average molecular weight is 452 g/mol. The number of thioether (sulfide) groups is 1. The number of nitrogens with zero attached hydrogens (tertiary/aromatic N) is 2. The van der Waals surface area contributed by atoms with Crippen LogP contribution in [0.2, 0.25) is 5.02 Å². The maximum Gasteiger partial charge on any atom is 0.288 e. The maximum absolute atomic E-state index is 12.4. The van der Waals surface area contributed by atoms with Gasteiger partial charge in [0.2, 0.25) is 5.91 Å². The Morgan fingerprint density at radius 1 is 1.23 bits per heavy atom. The molecule has 1 N–H and O–H groups in total. The highest BCUT2D eigenvalue weighted by atomic mass is 35.5. The van der Waals surface area contributed by atoms with Crippen molar-refractivity contribution in [1.29, 1.82) is 0 Å². The van der Waals surface area contributed by atoms with Crippen molar-refractivity contribution in [3.05, 3.63) is 53.4 Å². The number of aromatic nitrogens is 1. The first kappa shape index (κ1) is 21.1. The highest BCUT2D eigenvalue weighted by molar-refractivity contribution is 7.99. The summed E-state index contributed by atoms with van der Waals surface area (Å²) < 4.78 is 30.6. The smallest absolute Gasteiger partial charge is 0.288 e. The lowest BCUT2D eigenvalue weighted by molar-refractivity contribution is -0.117. The van der Waals surface area contributed by atoms with E-state index in [2.05, 4.69) is 15.2 Å². The molecule has 2 aromatic carbocycles. The summed E-state index contributed by atoms with van der Waals surface area (Å²) in [5.41, 5.74) is 2.09. The molecule has 0 aliphatic carbocycles. The molecule has 3 aromatic rings. The molecule has 9 heteroatoms. The predicted octanol–water partition coefficient (Wildman–Crippen LogP) is 5.61. The first-order chi connectivity index (χ1) is 14.5. The summed E-state index contributed by atoms with van der Waals surface area (Å²) in [6.45, 7) is 1.81. The van der Waals surface area contributed by atoms with Gasteiger partial charge in [-0.15, -0.1) is 0 Å². The summed E-state index contributed by atoms with van der Waals surface area (Å²) in [4.78, 5) is 19.4. The van der Waals surface area contributed by atoms with Gasteiger partial charge < -0.3 is 9.73 Å². The van der Waals surface area contributed by atoms with Crippen LogP contribution in [0.25, 0.3) is 11.1 Å². The Hall–Kier alpha value is -2.16. The molecule has 0 radical (unpaired) electrons. The van der Waals surface area contributed by atoms with Gasteiger partial charge in [-0.3, -0.25) is 9.69 Å². The van der Waals surface area contributed by atoms with Gasteiger partial charge in [-0.05, 0) is 68.4 Å². The van der Waals surface area contributed by atoms with Gasteiger partial charge in [-0.25, -0.2) is 4.98 Å². The van der Waals surface area contributed by atoms with Crippen molar-refractivity contribution in [2.75, 3.05) is 25.0 Å². The van der Waals surface area contributed by atoms with Crippen molar-refractivity contribution in [3.8, 4) is 0 Å². The Bertz CT molecular complexity index is 1020. The lowest BCUT2D eigenvalue weighted by Gasteiger charge is -2.29. The van der Waals surface area contributed by atoms with E-state index in [1.165, 1.54) is 0 Å². The molecule has 1 saturated heterocycles. The molecule has 0 saturated carbocycles. The molecule has 0 spiro atoms. The third-order valence-corrected chi connectivity index (χ3v) is 5.99. The van der Waals surface area contributed by atoms with Crippen molar-refractivity contribution in [2.45, 2.75) is 29.4 Å². The molecule has 1 aromatic heterocycles. The van der Waals surface area contributed by atoms with Crippen LogP contribution >= 0.6 is 23.4 Å². The monoisotopic (exact) mass is 451 g/mol. The fraction of sp³-hybridized carbons (Fsp3) is 0.333. The normalized spacial score (nSPS) is 15.7. The van der Waals surface area contributed by atoms with Crippen LogP contribution in [-0.4, -0.2) is 41.2 Å². The molecule has 1 aliphatic rings. The van der Waals surface area contributed by atoms with E-state index in [0.29, 0.717) is 27.4 Å². The molecule has 0 atom stereocenters. The quantitative estimate of drug-likeness (QED) is 0.493. The van der Waals surface area contributed by atoms with Crippen LogP contribution in [0, 0.1) is 0 Å². The molecule has 2 heterocycles. The van der Waals surface area contributed by atoms with E-state index in [1.54, 1.807) is 36.4 Å². The Kier molecular flexibility index (Phi) is 6.55. The molecule has 4 rings (SSSR count). The number of hydrogen-bond acceptors (Lipinski definition) is 5. The van der Waals surface area contributed by atoms with Gasteiger partial charge in [0.05, 0.1) is 6.54 Å². The minimum atomic E-state index is -2.46. The number of hydrogen-bond donors (Lipinski definition) is 1. The van der Waals surface area contributed by atoms with E-state index >= 15 is 0 Å². The number of anilines is 1. The van der Waals surface area contributed by atoms with Crippen molar-refractivity contribution < 1.29 is 18.0 Å². The summed E-state index contributed by atoms with van der Waals surface area (Å²) >= 11 is 6.49. The van der Waals surface area contributed by atoms with E-state index in [4.69, 9.17) is 16.0 Å². The van der Waals surface area contributed by atoms with E-state index < -0.39 is 5.76 Å². The highest BCUT2D eigenvalue weighted by Gasteiger charge is 2.25. The number of piperidine rings is 1. The van der Waals surface area contributed by atoms with E-state index in [0.717, 1.165) is 42.9 Å². The second kappa shape index (κ2) is 9.32. The second-order valence-corrected chi connectivity index (χ2v) is 8.67. The number of halogens is 3. The van der Waals surface area contributed by atoms with Crippen molar-refractivity contribution in [1.82, 2.24) is 9.88 Å². The van der Waals surface area contributed by atoms with Gasteiger partial charge in [0.1, 0.15) is 5.52 Å². The van der Waals surface area contributed by atoms with Gasteiger partial charge in [0, 0.05) is 21.5 Å². The SMILES string of the molecule is O=C(CN1CCC(c2nc3cc(Cl)ccc3o2)CC1)Nc1ccc(SC(F)F)cc1. The number of fused-ring (bicyclic) bond motifs is 1. The van der Waals surface area contributed by atoms with Gasteiger partial charge in [0.25, 0.3) is 5.76 Å². The summed E-state index contributed by atoms with van der Waals surface area (Å²) in [6.07, 6.45) is 1.71. The number of benzene rings is 2. The molecule has 1 fully saturated rings. The number of carbonyl (C=O) groups excluding carboxylic acids is 1. The van der Waals surface area contributed by atoms with Crippen LogP contribution in [-0.2, 0) is 4.79 Å². The molecular formula is C21H20ClF2N3O2S. The molecule has 1 aliphatic heterocycles. The number of likely N-dealkylation sites (tertiary alicyclic amines) is 1. The fourth-order valence-corrected chi connectivity index (χ4v) is 4.22. The van der Waals surface area contributed by atoms with Crippen molar-refractivity contribution in [3.63, 3.8) is 0 Å². The van der Waals surface area contributed by atoms with Gasteiger partial charge >= 0.3 is 0 Å². The lowest BCUT2D eigenvalue weighted by Crippen LogP contribution is -2.38. The first-order valence-corrected chi connectivity index (χ1v) is 10.8. The Morgan fingerprint density at radius 3 is 2.67 bits per heavy atom. The fourth-order valence-electron chi connectivity index (χ4n) is 3.55. The number of oxazole rings is 1. The second-order valence-electron chi connectivity index (χ2n) is 7.17. The molecule has 158 valence electrons. The van der Waals surface area contributed by atoms with E-state index in [-0.39, 0.29) is 18.4 Å². The standard InChI is InChI=1S/C21H20ClF2N3O2S/c22-14-1-6-18-17(11-14)26-20(29-18)13-7-9-27(10-8-13)12-19(28)25-15-2-4-16(5-3-15)30-21(23)24/h1-6,11,13,21H,7-10,12H2,(H,25,28). The summed E-state index contributed by atoms with van der Waals surface area (Å²) in [5, 5.41) is 3.45. The minimum absolute atomic E-state index is 0.126. The third-order valence-electron chi connectivity index (χ3n) is 5.03. The van der Waals surface area contributed by atoms with Crippen molar-refractivity contribution >= 4 is 46.1 Å². The van der Waals surface area contributed by atoms with Crippen LogP contribution < -0.4 is 5.32 Å². The van der Waals surface area contributed by atoms with E-state index in [1.807, 2.05) is 6.07 Å². The number of rotatable bonds is 6. The van der Waals surface area contributed by atoms with Crippen molar-refractivity contribution in [2.24, 2.45) is 0 Å². The number of alkyl halides is 2. The zero-order valence-corrected chi connectivity index (χ0v) is 17.6. The summed E-state index contributed by atoms with van der Waals surface area (Å²) in [5.74, 6) is -1.64. The van der Waals surface area contributed by atoms with Gasteiger partial charge in [-0.2, -0.15) is 8.78 Å². The van der Waals surface area contributed by atoms with Gasteiger partial charge in [0.15, 0.2) is 11.5 Å². The zero-order chi connectivity index (χ0) is 21.1. The van der Waals surface area contributed by atoms with Crippen LogP contribution in [0.1, 0.15) is 24.7 Å². The summed E-state index contributed by atoms with van der Waals surface area (Å²) in [6, 6.07) is 11.8. The number of carbonyl (C=O) groups is 1. The third kappa shape index (κ3) is 5.30. The lowest BCUT2D eigenvalue weighted by atomic mass is 9.97. The largest absolute Gasteiger partial charge is 0.440 e. The molecular weight excluding hydrogens is 432 g/mol. The average Bonchev–Trinajstić information content (AvgIpc) is 3.13. The predicted molar refractivity (Wildman–Crippen MR) is 114 cm³/mol. The van der Waals surface area contributed by atoms with Crippen LogP contribution in [0.5, 0.6) is 0 Å². The van der Waals surface area contributed by atoms with Crippen LogP contribution in [0.4, 0.5) is 14.5 Å². The topological polar surface area (TPSA) is 58.4 Å². The Labute approximate surface area is 181 Å². The minimum Gasteiger partial charge on any atom is -0.440 e.